The third-order valence-corrected chi connectivity index (χ3v) is 1.10. The van der Waals surface area contributed by atoms with Crippen molar-refractivity contribution < 1.29 is 4.74 Å². The molecule has 1 aromatic rings. The van der Waals surface area contributed by atoms with E-state index in [0.29, 0.717) is 6.61 Å². The molecule has 0 aromatic carbocycles. The Hall–Kier alpha value is -0.900. The molecule has 1 N–H and O–H groups in total. The Bertz CT molecular complexity index is 186. The second-order valence-electron chi connectivity index (χ2n) is 1.79. The highest BCUT2D eigenvalue weighted by Gasteiger charge is 1.99. The van der Waals surface area contributed by atoms with Crippen LogP contribution in [-0.2, 0) is 11.3 Å². The molecule has 0 bridgehead atoms. The van der Waals surface area contributed by atoms with Gasteiger partial charge in [-0.3, -0.25) is 0 Å². The minimum atomic E-state index is 0.530. The summed E-state index contributed by atoms with van der Waals surface area (Å²) in [6, 6.07) is 0. The SMILES string of the molecule is CC.COCc1n[nH]nc1C. The number of methoxy groups -OCH3 is 1. The maximum Gasteiger partial charge on any atom is 0.111 e. The Morgan fingerprint density at radius 3 is 2.36 bits per heavy atom. The largest absolute Gasteiger partial charge is 0.378 e. The van der Waals surface area contributed by atoms with Crippen LogP contribution in [-0.4, -0.2) is 22.5 Å². The monoisotopic (exact) mass is 157 g/mol. The van der Waals surface area contributed by atoms with Crippen molar-refractivity contribution in [1.29, 1.82) is 0 Å². The van der Waals surface area contributed by atoms with Gasteiger partial charge in [-0.15, -0.1) is 0 Å². The number of aryl methyl sites for hydroxylation is 1. The highest BCUT2D eigenvalue weighted by molar-refractivity contribution is 5.03. The molecule has 11 heavy (non-hydrogen) atoms. The fourth-order valence-corrected chi connectivity index (χ4v) is 0.579. The van der Waals surface area contributed by atoms with Crippen LogP contribution in [0, 0.1) is 6.92 Å². The number of hydrogen-bond acceptors (Lipinski definition) is 3. The highest BCUT2D eigenvalue weighted by atomic mass is 16.5. The minimum absolute atomic E-state index is 0.530. The summed E-state index contributed by atoms with van der Waals surface area (Å²) in [5.74, 6) is 0. The first-order valence-corrected chi connectivity index (χ1v) is 3.69. The second kappa shape index (κ2) is 5.85. The molecule has 0 atom stereocenters. The molecule has 1 rings (SSSR count). The number of nitrogens with zero attached hydrogens (tertiary/aromatic N) is 2. The zero-order chi connectivity index (χ0) is 8.69. The van der Waals surface area contributed by atoms with E-state index in [-0.39, 0.29) is 0 Å². The van der Waals surface area contributed by atoms with Crippen LogP contribution < -0.4 is 0 Å². The van der Waals surface area contributed by atoms with Crippen molar-refractivity contribution in [2.24, 2.45) is 0 Å². The zero-order valence-electron chi connectivity index (χ0n) is 7.51. The molecule has 1 aromatic heterocycles. The molecule has 0 spiro atoms. The van der Waals surface area contributed by atoms with Crippen LogP contribution in [0.25, 0.3) is 0 Å². The first-order valence-electron chi connectivity index (χ1n) is 3.69. The first-order chi connectivity index (χ1) is 5.34. The molecular weight excluding hydrogens is 142 g/mol. The second-order valence-corrected chi connectivity index (χ2v) is 1.79. The van der Waals surface area contributed by atoms with Crippen LogP contribution in [0.3, 0.4) is 0 Å². The van der Waals surface area contributed by atoms with Gasteiger partial charge < -0.3 is 4.74 Å². The van der Waals surface area contributed by atoms with Crippen molar-refractivity contribution in [2.45, 2.75) is 27.4 Å². The molecule has 0 aliphatic heterocycles. The van der Waals surface area contributed by atoms with Gasteiger partial charge in [-0.2, -0.15) is 15.4 Å². The Kier molecular flexibility index (Phi) is 5.37. The summed E-state index contributed by atoms with van der Waals surface area (Å²) in [4.78, 5) is 0. The molecule has 0 saturated heterocycles. The lowest BCUT2D eigenvalue weighted by atomic mass is 10.4. The van der Waals surface area contributed by atoms with E-state index in [1.54, 1.807) is 7.11 Å². The van der Waals surface area contributed by atoms with Gasteiger partial charge in [0, 0.05) is 7.11 Å². The van der Waals surface area contributed by atoms with Gasteiger partial charge in [-0.25, -0.2) is 0 Å². The summed E-state index contributed by atoms with van der Waals surface area (Å²) >= 11 is 0. The number of H-pyrrole nitrogens is 1. The Labute approximate surface area is 67.0 Å². The van der Waals surface area contributed by atoms with Crippen molar-refractivity contribution in [2.75, 3.05) is 7.11 Å². The quantitative estimate of drug-likeness (QED) is 0.703. The molecule has 0 aliphatic rings. The smallest absolute Gasteiger partial charge is 0.111 e. The van der Waals surface area contributed by atoms with Crippen LogP contribution in [0.5, 0.6) is 0 Å². The van der Waals surface area contributed by atoms with Gasteiger partial charge in [0.25, 0.3) is 0 Å². The van der Waals surface area contributed by atoms with E-state index < -0.39 is 0 Å². The molecule has 0 radical (unpaired) electrons. The van der Waals surface area contributed by atoms with E-state index in [0.717, 1.165) is 11.4 Å². The molecule has 0 amide bonds. The van der Waals surface area contributed by atoms with Gasteiger partial charge in [0.1, 0.15) is 5.69 Å². The summed E-state index contributed by atoms with van der Waals surface area (Å²) in [6.07, 6.45) is 0. The molecule has 0 aliphatic carbocycles. The van der Waals surface area contributed by atoms with Crippen LogP contribution >= 0.6 is 0 Å². The van der Waals surface area contributed by atoms with E-state index in [9.17, 15) is 0 Å². The van der Waals surface area contributed by atoms with Gasteiger partial charge >= 0.3 is 0 Å². The molecule has 1 heterocycles. The number of aromatic amines is 1. The highest BCUT2D eigenvalue weighted by Crippen LogP contribution is 1.98. The molecule has 0 unspecified atom stereocenters. The Balaban J connectivity index is 0.000000461. The van der Waals surface area contributed by atoms with E-state index in [1.165, 1.54) is 0 Å². The van der Waals surface area contributed by atoms with Gasteiger partial charge in [0.15, 0.2) is 0 Å². The molecule has 0 fully saturated rings. The number of aromatic nitrogens is 3. The summed E-state index contributed by atoms with van der Waals surface area (Å²) in [7, 11) is 1.63. The molecule has 4 nitrogen and oxygen atoms in total. The topological polar surface area (TPSA) is 50.8 Å². The normalized spacial score (nSPS) is 8.73. The summed E-state index contributed by atoms with van der Waals surface area (Å²) in [5, 5.41) is 10.2. The van der Waals surface area contributed by atoms with Crippen molar-refractivity contribution in [3.63, 3.8) is 0 Å². The molecular formula is C7H15N3O. The summed E-state index contributed by atoms with van der Waals surface area (Å²) in [6.45, 7) is 6.42. The Morgan fingerprint density at radius 2 is 2.00 bits per heavy atom. The summed E-state index contributed by atoms with van der Waals surface area (Å²) in [5.41, 5.74) is 1.77. The average molecular weight is 157 g/mol. The van der Waals surface area contributed by atoms with Gasteiger partial charge in [-0.1, -0.05) is 13.8 Å². The van der Waals surface area contributed by atoms with E-state index in [4.69, 9.17) is 4.74 Å². The van der Waals surface area contributed by atoms with Crippen molar-refractivity contribution >= 4 is 0 Å². The maximum absolute atomic E-state index is 4.84. The number of nitrogens with one attached hydrogen (secondary N) is 1. The molecule has 64 valence electrons. The van der Waals surface area contributed by atoms with Crippen LogP contribution in [0.2, 0.25) is 0 Å². The fourth-order valence-electron chi connectivity index (χ4n) is 0.579. The van der Waals surface area contributed by atoms with E-state index >= 15 is 0 Å². The van der Waals surface area contributed by atoms with E-state index in [2.05, 4.69) is 15.4 Å². The maximum atomic E-state index is 4.84. The Morgan fingerprint density at radius 1 is 1.36 bits per heavy atom. The lowest BCUT2D eigenvalue weighted by Gasteiger charge is -1.90. The van der Waals surface area contributed by atoms with E-state index in [1.807, 2.05) is 20.8 Å². The van der Waals surface area contributed by atoms with Crippen molar-refractivity contribution in [3.05, 3.63) is 11.4 Å². The number of hydrogen-bond donors (Lipinski definition) is 1. The van der Waals surface area contributed by atoms with Gasteiger partial charge in [0.2, 0.25) is 0 Å². The van der Waals surface area contributed by atoms with Gasteiger partial charge in [-0.05, 0) is 6.92 Å². The van der Waals surface area contributed by atoms with Crippen molar-refractivity contribution in [3.8, 4) is 0 Å². The average Bonchev–Trinajstić information content (AvgIpc) is 2.42. The van der Waals surface area contributed by atoms with Gasteiger partial charge in [0.05, 0.1) is 12.3 Å². The first kappa shape index (κ1) is 10.1. The standard InChI is InChI=1S/C5H9N3O.C2H6/c1-4-5(3-9-2)7-8-6-4;1-2/h3H2,1-2H3,(H,6,7,8);1-2H3. The van der Waals surface area contributed by atoms with Crippen LogP contribution in [0.4, 0.5) is 0 Å². The number of ether oxygens (including phenoxy) is 1. The molecule has 0 saturated carbocycles. The van der Waals surface area contributed by atoms with Crippen LogP contribution in [0.1, 0.15) is 25.2 Å². The third-order valence-electron chi connectivity index (χ3n) is 1.10. The third kappa shape index (κ3) is 3.13. The lowest BCUT2D eigenvalue weighted by molar-refractivity contribution is 0.181. The zero-order valence-corrected chi connectivity index (χ0v) is 7.51. The molecule has 4 heteroatoms. The lowest BCUT2D eigenvalue weighted by Crippen LogP contribution is -1.89. The predicted octanol–water partition coefficient (Wildman–Crippen LogP) is 1.29. The summed E-state index contributed by atoms with van der Waals surface area (Å²) < 4.78 is 4.84. The van der Waals surface area contributed by atoms with Crippen molar-refractivity contribution in [1.82, 2.24) is 15.4 Å². The predicted molar refractivity (Wildman–Crippen MR) is 43.2 cm³/mol. The number of rotatable bonds is 2. The fraction of sp³-hybridized carbons (Fsp3) is 0.714. The van der Waals surface area contributed by atoms with Crippen LogP contribution in [0.15, 0.2) is 0 Å². The minimum Gasteiger partial charge on any atom is -0.378 e.